The Morgan fingerprint density at radius 1 is 1.03 bits per heavy atom. The third kappa shape index (κ3) is 3.15. The standard InChI is InChI=1S/C23H15ClN4O3/c24-15-9-7-13(8-10-15)20(29)18-19(14-4-3-11-25-12-14)28(22(31)21(18)30)23-26-16-5-1-2-6-17(16)27-23/h1-12,19,29H,(H,26,27)/b20-18+. The molecule has 8 heteroatoms. The van der Waals surface area contributed by atoms with Crippen LogP contribution in [0.1, 0.15) is 17.2 Å². The number of halogens is 1. The van der Waals surface area contributed by atoms with Gasteiger partial charge in [-0.25, -0.2) is 4.98 Å². The summed E-state index contributed by atoms with van der Waals surface area (Å²) in [6.07, 6.45) is 3.15. The van der Waals surface area contributed by atoms with Crippen molar-refractivity contribution in [2.45, 2.75) is 6.04 Å². The molecule has 7 nitrogen and oxygen atoms in total. The second-order valence-corrected chi connectivity index (χ2v) is 7.48. The molecule has 2 N–H and O–H groups in total. The number of Topliss-reactive ketones (excluding diaryl/α,β-unsaturated/α-hetero) is 1. The summed E-state index contributed by atoms with van der Waals surface area (Å²) >= 11 is 5.95. The number of rotatable bonds is 3. The Morgan fingerprint density at radius 3 is 2.52 bits per heavy atom. The number of para-hydroxylation sites is 2. The Balaban J connectivity index is 1.73. The highest BCUT2D eigenvalue weighted by Crippen LogP contribution is 2.41. The average molecular weight is 431 g/mol. The molecule has 1 atom stereocenters. The molecule has 0 spiro atoms. The quantitative estimate of drug-likeness (QED) is 0.288. The number of fused-ring (bicyclic) bond motifs is 1. The Labute approximate surface area is 181 Å². The zero-order chi connectivity index (χ0) is 21.5. The molecule has 0 aliphatic carbocycles. The van der Waals surface area contributed by atoms with Crippen LogP contribution < -0.4 is 4.90 Å². The highest BCUT2D eigenvalue weighted by atomic mass is 35.5. The number of ketones is 1. The smallest absolute Gasteiger partial charge is 0.302 e. The van der Waals surface area contributed by atoms with Crippen molar-refractivity contribution in [3.05, 3.63) is 94.8 Å². The van der Waals surface area contributed by atoms with Crippen molar-refractivity contribution in [3.8, 4) is 0 Å². The van der Waals surface area contributed by atoms with Gasteiger partial charge in [0.15, 0.2) is 0 Å². The van der Waals surface area contributed by atoms with Crippen LogP contribution in [-0.2, 0) is 9.59 Å². The van der Waals surface area contributed by atoms with Gasteiger partial charge < -0.3 is 10.1 Å². The van der Waals surface area contributed by atoms with Gasteiger partial charge in [-0.2, -0.15) is 0 Å². The van der Waals surface area contributed by atoms with Crippen molar-refractivity contribution in [1.82, 2.24) is 15.0 Å². The summed E-state index contributed by atoms with van der Waals surface area (Å²) < 4.78 is 0. The molecule has 1 aliphatic rings. The minimum absolute atomic E-state index is 0.0409. The van der Waals surface area contributed by atoms with E-state index in [4.69, 9.17) is 11.6 Å². The van der Waals surface area contributed by atoms with E-state index in [-0.39, 0.29) is 17.3 Å². The fourth-order valence-corrected chi connectivity index (χ4v) is 3.85. The van der Waals surface area contributed by atoms with E-state index in [0.717, 1.165) is 5.52 Å². The van der Waals surface area contributed by atoms with Gasteiger partial charge >= 0.3 is 5.91 Å². The van der Waals surface area contributed by atoms with E-state index in [1.165, 1.54) is 4.90 Å². The number of carbonyl (C=O) groups is 2. The number of amides is 1. The Bertz CT molecular complexity index is 1310. The summed E-state index contributed by atoms with van der Waals surface area (Å²) in [4.78, 5) is 39.1. The number of aromatic amines is 1. The van der Waals surface area contributed by atoms with Crippen molar-refractivity contribution in [3.63, 3.8) is 0 Å². The van der Waals surface area contributed by atoms with E-state index in [1.807, 2.05) is 18.2 Å². The number of benzene rings is 2. The number of anilines is 1. The van der Waals surface area contributed by atoms with Crippen LogP contribution in [-0.4, -0.2) is 31.7 Å². The van der Waals surface area contributed by atoms with Gasteiger partial charge in [0.1, 0.15) is 5.76 Å². The lowest BCUT2D eigenvalue weighted by Crippen LogP contribution is -2.30. The molecule has 2 aromatic heterocycles. The molecule has 1 fully saturated rings. The zero-order valence-electron chi connectivity index (χ0n) is 16.0. The molecule has 152 valence electrons. The lowest BCUT2D eigenvalue weighted by Gasteiger charge is -2.22. The van der Waals surface area contributed by atoms with Gasteiger partial charge in [-0.15, -0.1) is 0 Å². The van der Waals surface area contributed by atoms with Crippen LogP contribution in [0.15, 0.2) is 78.6 Å². The third-order valence-electron chi connectivity index (χ3n) is 5.17. The first kappa shape index (κ1) is 19.0. The normalized spacial score (nSPS) is 18.1. The number of hydrogen-bond donors (Lipinski definition) is 2. The predicted octanol–water partition coefficient (Wildman–Crippen LogP) is 4.24. The monoisotopic (exact) mass is 430 g/mol. The molecule has 1 saturated heterocycles. The lowest BCUT2D eigenvalue weighted by molar-refractivity contribution is -0.132. The second-order valence-electron chi connectivity index (χ2n) is 7.04. The van der Waals surface area contributed by atoms with E-state index in [1.54, 1.807) is 54.9 Å². The summed E-state index contributed by atoms with van der Waals surface area (Å²) in [5.74, 6) is -1.67. The average Bonchev–Trinajstić information content (AvgIpc) is 3.33. The first-order valence-corrected chi connectivity index (χ1v) is 9.84. The summed E-state index contributed by atoms with van der Waals surface area (Å²) in [5, 5.41) is 11.5. The molecule has 2 aromatic carbocycles. The van der Waals surface area contributed by atoms with E-state index in [0.29, 0.717) is 21.7 Å². The molecule has 1 aliphatic heterocycles. The molecule has 4 aromatic rings. The third-order valence-corrected chi connectivity index (χ3v) is 5.42. The number of aliphatic hydroxyl groups is 1. The van der Waals surface area contributed by atoms with Crippen LogP contribution in [0, 0.1) is 0 Å². The number of hydrogen-bond acceptors (Lipinski definition) is 5. The number of carbonyl (C=O) groups excluding carboxylic acids is 2. The van der Waals surface area contributed by atoms with Gasteiger partial charge in [0.25, 0.3) is 5.78 Å². The molecule has 1 amide bonds. The summed E-state index contributed by atoms with van der Waals surface area (Å²) in [6, 6.07) is 16.2. The summed E-state index contributed by atoms with van der Waals surface area (Å²) in [7, 11) is 0. The molecule has 0 saturated carbocycles. The van der Waals surface area contributed by atoms with Crippen molar-refractivity contribution in [2.24, 2.45) is 0 Å². The van der Waals surface area contributed by atoms with E-state index >= 15 is 0 Å². The van der Waals surface area contributed by atoms with Crippen LogP contribution in [0.2, 0.25) is 5.02 Å². The van der Waals surface area contributed by atoms with Crippen LogP contribution in [0.4, 0.5) is 5.95 Å². The van der Waals surface area contributed by atoms with Gasteiger partial charge in [-0.05, 0) is 48.0 Å². The number of aromatic nitrogens is 3. The number of pyridine rings is 1. The van der Waals surface area contributed by atoms with Crippen molar-refractivity contribution < 1.29 is 14.7 Å². The minimum atomic E-state index is -0.898. The van der Waals surface area contributed by atoms with Gasteiger partial charge in [0, 0.05) is 23.0 Å². The summed E-state index contributed by atoms with van der Waals surface area (Å²) in [5.41, 5.74) is 2.28. The first-order chi connectivity index (χ1) is 15.0. The molecule has 31 heavy (non-hydrogen) atoms. The van der Waals surface area contributed by atoms with Gasteiger partial charge in [0.2, 0.25) is 5.95 Å². The zero-order valence-corrected chi connectivity index (χ0v) is 16.7. The van der Waals surface area contributed by atoms with Crippen molar-refractivity contribution in [2.75, 3.05) is 4.90 Å². The maximum absolute atomic E-state index is 13.1. The number of H-pyrrole nitrogens is 1. The molecular formula is C23H15ClN4O3. The molecular weight excluding hydrogens is 416 g/mol. The van der Waals surface area contributed by atoms with E-state index in [2.05, 4.69) is 15.0 Å². The Hall–Kier alpha value is -3.97. The van der Waals surface area contributed by atoms with Crippen LogP contribution in [0.5, 0.6) is 0 Å². The number of nitrogens with one attached hydrogen (secondary N) is 1. The largest absolute Gasteiger partial charge is 0.507 e. The summed E-state index contributed by atoms with van der Waals surface area (Å²) in [6.45, 7) is 0. The molecule has 0 bridgehead atoms. The van der Waals surface area contributed by atoms with E-state index in [9.17, 15) is 14.7 Å². The minimum Gasteiger partial charge on any atom is -0.507 e. The van der Waals surface area contributed by atoms with Gasteiger partial charge in [-0.3, -0.25) is 19.5 Å². The highest BCUT2D eigenvalue weighted by molar-refractivity contribution is 6.51. The van der Waals surface area contributed by atoms with Crippen molar-refractivity contribution >= 4 is 46.0 Å². The number of nitrogens with zero attached hydrogens (tertiary/aromatic N) is 3. The Kier molecular flexibility index (Phi) is 4.52. The first-order valence-electron chi connectivity index (χ1n) is 9.46. The Morgan fingerprint density at radius 2 is 1.81 bits per heavy atom. The number of imidazole rings is 1. The predicted molar refractivity (Wildman–Crippen MR) is 117 cm³/mol. The van der Waals surface area contributed by atoms with Crippen LogP contribution in [0.25, 0.3) is 16.8 Å². The molecule has 3 heterocycles. The van der Waals surface area contributed by atoms with Crippen LogP contribution >= 0.6 is 11.6 Å². The van der Waals surface area contributed by atoms with Crippen LogP contribution in [0.3, 0.4) is 0 Å². The second kappa shape index (κ2) is 7.37. The fourth-order valence-electron chi connectivity index (χ4n) is 3.72. The SMILES string of the molecule is O=C1C(=O)N(c2nc3ccccc3[nH]2)C(c2cccnc2)/C1=C(\O)c1ccc(Cl)cc1. The highest BCUT2D eigenvalue weighted by Gasteiger charge is 2.48. The molecule has 0 radical (unpaired) electrons. The fraction of sp³-hybridized carbons (Fsp3) is 0.0435. The number of aliphatic hydroxyl groups excluding tert-OH is 1. The molecule has 5 rings (SSSR count). The lowest BCUT2D eigenvalue weighted by atomic mass is 9.96. The van der Waals surface area contributed by atoms with Gasteiger partial charge in [-0.1, -0.05) is 29.8 Å². The molecule has 1 unspecified atom stereocenters. The maximum atomic E-state index is 13.1. The maximum Gasteiger partial charge on any atom is 0.302 e. The van der Waals surface area contributed by atoms with Gasteiger partial charge in [0.05, 0.1) is 22.6 Å². The topological polar surface area (TPSA) is 99.2 Å². The van der Waals surface area contributed by atoms with Crippen molar-refractivity contribution in [1.29, 1.82) is 0 Å². The van der Waals surface area contributed by atoms with E-state index < -0.39 is 17.7 Å².